The topological polar surface area (TPSA) is 80.9 Å². The molecule has 0 spiro atoms. The molecular formula is C23H19IN2O4S. The zero-order chi connectivity index (χ0) is 22.1. The molecule has 0 bridgehead atoms. The van der Waals surface area contributed by atoms with Gasteiger partial charge in [0.1, 0.15) is 5.75 Å². The minimum atomic E-state index is -0.685. The van der Waals surface area contributed by atoms with E-state index in [0.29, 0.717) is 26.2 Å². The van der Waals surface area contributed by atoms with Crippen LogP contribution in [0.15, 0.2) is 69.6 Å². The minimum Gasteiger partial charge on any atom is -0.508 e. The number of fused-ring (bicyclic) bond motifs is 1. The van der Waals surface area contributed by atoms with Crippen LogP contribution in [0.3, 0.4) is 0 Å². The summed E-state index contributed by atoms with van der Waals surface area (Å²) >= 11 is 3.52. The van der Waals surface area contributed by atoms with Gasteiger partial charge in [0.25, 0.3) is 5.56 Å². The van der Waals surface area contributed by atoms with Crippen LogP contribution in [0.4, 0.5) is 0 Å². The lowest BCUT2D eigenvalue weighted by molar-refractivity contribution is -0.139. The van der Waals surface area contributed by atoms with Crippen molar-refractivity contribution < 1.29 is 14.6 Å². The SMILES string of the molecule is CCOC(=O)C1=C(C)N=c2s/c(=C/c3ccc(I)cc3)c(=O)n2C1c1ccc(O)cc1. The molecule has 1 aliphatic rings. The lowest BCUT2D eigenvalue weighted by Crippen LogP contribution is -2.39. The number of halogens is 1. The van der Waals surface area contributed by atoms with Crippen LogP contribution in [-0.4, -0.2) is 22.2 Å². The third kappa shape index (κ3) is 4.22. The number of nitrogens with zero attached hydrogens (tertiary/aromatic N) is 2. The molecule has 0 saturated heterocycles. The van der Waals surface area contributed by atoms with Gasteiger partial charge in [-0.2, -0.15) is 0 Å². The first kappa shape index (κ1) is 21.5. The normalized spacial score (nSPS) is 16.1. The maximum absolute atomic E-state index is 13.4. The van der Waals surface area contributed by atoms with Gasteiger partial charge in [-0.15, -0.1) is 0 Å². The fraction of sp³-hybridized carbons (Fsp3) is 0.174. The van der Waals surface area contributed by atoms with Crippen molar-refractivity contribution in [3.05, 3.63) is 94.2 Å². The Morgan fingerprint density at radius 3 is 2.55 bits per heavy atom. The fourth-order valence-corrected chi connectivity index (χ4v) is 4.88. The molecule has 3 aromatic rings. The zero-order valence-corrected chi connectivity index (χ0v) is 19.8. The summed E-state index contributed by atoms with van der Waals surface area (Å²) in [5, 5.41) is 9.71. The summed E-state index contributed by atoms with van der Waals surface area (Å²) in [6.45, 7) is 3.70. The van der Waals surface area contributed by atoms with Crippen molar-refractivity contribution in [1.82, 2.24) is 4.57 Å². The largest absolute Gasteiger partial charge is 0.508 e. The monoisotopic (exact) mass is 546 g/mol. The van der Waals surface area contributed by atoms with Crippen molar-refractivity contribution >= 4 is 46.0 Å². The Labute approximate surface area is 196 Å². The minimum absolute atomic E-state index is 0.105. The highest BCUT2D eigenvalue weighted by molar-refractivity contribution is 14.1. The van der Waals surface area contributed by atoms with Crippen LogP contribution in [0.1, 0.15) is 31.0 Å². The Balaban J connectivity index is 1.94. The molecular weight excluding hydrogens is 527 g/mol. The number of ether oxygens (including phenoxy) is 1. The molecule has 0 amide bonds. The predicted octanol–water partition coefficient (Wildman–Crippen LogP) is 3.11. The first-order valence-electron chi connectivity index (χ1n) is 9.63. The summed E-state index contributed by atoms with van der Waals surface area (Å²) < 4.78 is 8.44. The van der Waals surface area contributed by atoms with Gasteiger partial charge >= 0.3 is 5.97 Å². The number of thiazole rings is 1. The van der Waals surface area contributed by atoms with Crippen molar-refractivity contribution in [3.63, 3.8) is 0 Å². The molecule has 1 atom stereocenters. The Morgan fingerprint density at radius 1 is 1.23 bits per heavy atom. The second-order valence-corrected chi connectivity index (χ2v) is 9.20. The van der Waals surface area contributed by atoms with Gasteiger partial charge in [0, 0.05) is 3.57 Å². The molecule has 8 heteroatoms. The highest BCUT2D eigenvalue weighted by Crippen LogP contribution is 2.31. The maximum Gasteiger partial charge on any atom is 0.338 e. The van der Waals surface area contributed by atoms with E-state index in [4.69, 9.17) is 4.74 Å². The van der Waals surface area contributed by atoms with Gasteiger partial charge in [-0.1, -0.05) is 35.6 Å². The van der Waals surface area contributed by atoms with Crippen LogP contribution in [-0.2, 0) is 9.53 Å². The van der Waals surface area contributed by atoms with Gasteiger partial charge in [0.05, 0.1) is 28.5 Å². The van der Waals surface area contributed by atoms with Crippen molar-refractivity contribution in [2.75, 3.05) is 6.61 Å². The van der Waals surface area contributed by atoms with E-state index in [9.17, 15) is 14.7 Å². The number of allylic oxidation sites excluding steroid dienone is 1. The van der Waals surface area contributed by atoms with Crippen molar-refractivity contribution in [1.29, 1.82) is 0 Å². The van der Waals surface area contributed by atoms with Crippen LogP contribution in [0.2, 0.25) is 0 Å². The first-order chi connectivity index (χ1) is 14.9. The molecule has 1 aromatic heterocycles. The van der Waals surface area contributed by atoms with Gasteiger partial charge < -0.3 is 9.84 Å². The molecule has 0 radical (unpaired) electrons. The number of hydrogen-bond acceptors (Lipinski definition) is 6. The number of esters is 1. The smallest absolute Gasteiger partial charge is 0.338 e. The molecule has 1 N–H and O–H groups in total. The third-order valence-electron chi connectivity index (χ3n) is 4.89. The lowest BCUT2D eigenvalue weighted by atomic mass is 9.96. The number of rotatable bonds is 4. The summed E-state index contributed by atoms with van der Waals surface area (Å²) in [5.41, 5.74) is 2.21. The Morgan fingerprint density at radius 2 is 1.90 bits per heavy atom. The Bertz CT molecular complexity index is 1350. The molecule has 4 rings (SSSR count). The lowest BCUT2D eigenvalue weighted by Gasteiger charge is -2.24. The number of aromatic hydroxyl groups is 1. The van der Waals surface area contributed by atoms with E-state index in [1.54, 1.807) is 26.0 Å². The summed E-state index contributed by atoms with van der Waals surface area (Å²) in [6, 6.07) is 13.7. The van der Waals surface area contributed by atoms with Crippen LogP contribution >= 0.6 is 33.9 Å². The second-order valence-electron chi connectivity index (χ2n) is 6.95. The van der Waals surface area contributed by atoms with Crippen molar-refractivity contribution in [3.8, 4) is 5.75 Å². The third-order valence-corrected chi connectivity index (χ3v) is 6.60. The van der Waals surface area contributed by atoms with Gasteiger partial charge in [0.2, 0.25) is 0 Å². The van der Waals surface area contributed by atoms with Crippen LogP contribution in [0.5, 0.6) is 5.75 Å². The Kier molecular flexibility index (Phi) is 6.10. The van der Waals surface area contributed by atoms with Gasteiger partial charge in [-0.05, 0) is 77.9 Å². The number of phenolic OH excluding ortho intramolecular Hbond substituents is 1. The number of benzene rings is 2. The molecule has 0 fully saturated rings. The first-order valence-corrected chi connectivity index (χ1v) is 11.5. The quantitative estimate of drug-likeness (QED) is 0.403. The summed E-state index contributed by atoms with van der Waals surface area (Å²) in [6.07, 6.45) is 1.83. The van der Waals surface area contributed by atoms with E-state index >= 15 is 0 Å². The van der Waals surface area contributed by atoms with Gasteiger partial charge in [0.15, 0.2) is 4.80 Å². The van der Waals surface area contributed by atoms with E-state index in [-0.39, 0.29) is 17.9 Å². The zero-order valence-electron chi connectivity index (χ0n) is 16.8. The molecule has 0 saturated carbocycles. The average Bonchev–Trinajstić information content (AvgIpc) is 3.04. The number of phenols is 1. The van der Waals surface area contributed by atoms with E-state index in [2.05, 4.69) is 27.6 Å². The molecule has 31 heavy (non-hydrogen) atoms. The highest BCUT2D eigenvalue weighted by atomic mass is 127. The van der Waals surface area contributed by atoms with E-state index < -0.39 is 12.0 Å². The van der Waals surface area contributed by atoms with E-state index in [1.165, 1.54) is 28.0 Å². The molecule has 1 unspecified atom stereocenters. The molecule has 0 aliphatic carbocycles. The van der Waals surface area contributed by atoms with Crippen molar-refractivity contribution in [2.45, 2.75) is 19.9 Å². The maximum atomic E-state index is 13.4. The standard InChI is InChI=1S/C23H19IN2O4S/c1-3-30-22(29)19-13(2)25-23-26(20(19)15-6-10-17(27)11-7-15)21(28)18(31-23)12-14-4-8-16(24)9-5-14/h4-12,20,27H,3H2,1-2H3/b18-12+. The fourth-order valence-electron chi connectivity index (χ4n) is 3.47. The van der Waals surface area contributed by atoms with Gasteiger partial charge in [-0.3, -0.25) is 9.36 Å². The molecule has 6 nitrogen and oxygen atoms in total. The Hall–Kier alpha value is -2.72. The van der Waals surface area contributed by atoms with Crippen LogP contribution in [0, 0.1) is 3.57 Å². The summed E-state index contributed by atoms with van der Waals surface area (Å²) in [4.78, 5) is 31.3. The van der Waals surface area contributed by atoms with Crippen LogP contribution < -0.4 is 14.9 Å². The average molecular weight is 546 g/mol. The molecule has 158 valence electrons. The molecule has 1 aliphatic heterocycles. The van der Waals surface area contributed by atoms with E-state index in [1.807, 2.05) is 30.3 Å². The number of hydrogen-bond donors (Lipinski definition) is 1. The van der Waals surface area contributed by atoms with Crippen molar-refractivity contribution in [2.24, 2.45) is 4.99 Å². The van der Waals surface area contributed by atoms with Gasteiger partial charge in [-0.25, -0.2) is 9.79 Å². The summed E-state index contributed by atoms with van der Waals surface area (Å²) in [7, 11) is 0. The number of aromatic nitrogens is 1. The molecule has 2 heterocycles. The second kappa shape index (κ2) is 8.80. The number of carbonyl (C=O) groups is 1. The highest BCUT2D eigenvalue weighted by Gasteiger charge is 2.33. The predicted molar refractivity (Wildman–Crippen MR) is 128 cm³/mol. The van der Waals surface area contributed by atoms with E-state index in [0.717, 1.165) is 9.13 Å². The van der Waals surface area contributed by atoms with Crippen LogP contribution in [0.25, 0.3) is 6.08 Å². The molecule has 2 aromatic carbocycles. The number of carbonyl (C=O) groups excluding carboxylic acids is 1. The summed E-state index contributed by atoms with van der Waals surface area (Å²) in [5.74, 6) is -0.401.